The third kappa shape index (κ3) is 0.924. The van der Waals surface area contributed by atoms with Gasteiger partial charge in [-0.2, -0.15) is 0 Å². The molecule has 0 aromatic rings. The van der Waals surface area contributed by atoms with E-state index in [0.29, 0.717) is 18.6 Å². The van der Waals surface area contributed by atoms with Crippen LogP contribution < -0.4 is 0 Å². The Balaban J connectivity index is 2.45. The van der Waals surface area contributed by atoms with Crippen molar-refractivity contribution in [1.29, 1.82) is 0 Å². The van der Waals surface area contributed by atoms with Crippen molar-refractivity contribution in [3.63, 3.8) is 0 Å². The second kappa shape index (κ2) is 2.69. The summed E-state index contributed by atoms with van der Waals surface area (Å²) in [6, 6.07) is 0. The average Bonchev–Trinajstić information content (AvgIpc) is 2.39. The van der Waals surface area contributed by atoms with E-state index in [2.05, 4.69) is 13.5 Å². The van der Waals surface area contributed by atoms with Crippen LogP contribution in [0.25, 0.3) is 0 Å². The molecular weight excluding hydrogens is 176 g/mol. The van der Waals surface area contributed by atoms with E-state index in [1.807, 2.05) is 6.92 Å². The fourth-order valence-corrected chi connectivity index (χ4v) is 3.12. The van der Waals surface area contributed by atoms with Gasteiger partial charge in [-0.3, -0.25) is 4.79 Å². The van der Waals surface area contributed by atoms with E-state index in [4.69, 9.17) is 0 Å². The number of carbonyl (C=O) groups excluding carboxylic acids is 1. The normalized spacial score (nSPS) is 48.1. The first-order chi connectivity index (χ1) is 6.42. The van der Waals surface area contributed by atoms with Crippen LogP contribution in [-0.2, 0) is 4.79 Å². The van der Waals surface area contributed by atoms with Crippen molar-refractivity contribution >= 4 is 5.78 Å². The van der Waals surface area contributed by atoms with Crippen molar-refractivity contribution in [2.75, 3.05) is 0 Å². The number of aliphatic hydroxyl groups excluding tert-OH is 1. The Kier molecular flexibility index (Phi) is 1.91. The number of rotatable bonds is 0. The Labute approximate surface area is 85.0 Å². The SMILES string of the molecule is C=C1[C@H](O)CC[C@]2(C)C(=O)CC[C@@]12C. The fourth-order valence-electron chi connectivity index (χ4n) is 3.12. The molecule has 2 rings (SSSR count). The molecule has 3 atom stereocenters. The lowest BCUT2D eigenvalue weighted by Gasteiger charge is -2.47. The molecule has 2 aliphatic carbocycles. The van der Waals surface area contributed by atoms with Crippen LogP contribution >= 0.6 is 0 Å². The smallest absolute Gasteiger partial charge is 0.139 e. The minimum atomic E-state index is -0.404. The van der Waals surface area contributed by atoms with Crippen LogP contribution in [0, 0.1) is 10.8 Å². The monoisotopic (exact) mass is 194 g/mol. The Morgan fingerprint density at radius 2 is 2.00 bits per heavy atom. The van der Waals surface area contributed by atoms with E-state index < -0.39 is 6.10 Å². The van der Waals surface area contributed by atoms with Crippen LogP contribution in [0.15, 0.2) is 12.2 Å². The van der Waals surface area contributed by atoms with Gasteiger partial charge in [0.15, 0.2) is 0 Å². The summed E-state index contributed by atoms with van der Waals surface area (Å²) >= 11 is 0. The molecule has 0 amide bonds. The van der Waals surface area contributed by atoms with Gasteiger partial charge < -0.3 is 5.11 Å². The molecule has 0 bridgehead atoms. The first-order valence-corrected chi connectivity index (χ1v) is 5.32. The highest BCUT2D eigenvalue weighted by molar-refractivity contribution is 5.88. The van der Waals surface area contributed by atoms with Gasteiger partial charge in [0.1, 0.15) is 5.78 Å². The number of aliphatic hydroxyl groups is 1. The summed E-state index contributed by atoms with van der Waals surface area (Å²) in [7, 11) is 0. The number of Topliss-reactive ketones (excluding diaryl/α,β-unsaturated/α-hetero) is 1. The molecule has 2 aliphatic rings. The van der Waals surface area contributed by atoms with E-state index in [1.54, 1.807) is 0 Å². The highest BCUT2D eigenvalue weighted by Gasteiger charge is 2.58. The molecule has 0 spiro atoms. The van der Waals surface area contributed by atoms with E-state index >= 15 is 0 Å². The van der Waals surface area contributed by atoms with E-state index in [1.165, 1.54) is 0 Å². The summed E-state index contributed by atoms with van der Waals surface area (Å²) < 4.78 is 0. The van der Waals surface area contributed by atoms with Crippen molar-refractivity contribution in [1.82, 2.24) is 0 Å². The predicted molar refractivity (Wildman–Crippen MR) is 54.8 cm³/mol. The Bertz CT molecular complexity index is 307. The highest BCUT2D eigenvalue weighted by Crippen LogP contribution is 2.60. The van der Waals surface area contributed by atoms with Crippen LogP contribution in [0.4, 0.5) is 0 Å². The van der Waals surface area contributed by atoms with Crippen molar-refractivity contribution in [2.24, 2.45) is 10.8 Å². The fraction of sp³-hybridized carbons (Fsp3) is 0.750. The van der Waals surface area contributed by atoms with Crippen LogP contribution in [0.1, 0.15) is 39.5 Å². The third-order valence-corrected chi connectivity index (χ3v) is 4.71. The Morgan fingerprint density at radius 1 is 1.36 bits per heavy atom. The molecule has 0 unspecified atom stereocenters. The van der Waals surface area contributed by atoms with Gasteiger partial charge >= 0.3 is 0 Å². The lowest BCUT2D eigenvalue weighted by molar-refractivity contribution is -0.130. The molecule has 0 radical (unpaired) electrons. The van der Waals surface area contributed by atoms with Gasteiger partial charge in [0.2, 0.25) is 0 Å². The zero-order valence-corrected chi connectivity index (χ0v) is 8.97. The van der Waals surface area contributed by atoms with Gasteiger partial charge in [0.05, 0.1) is 6.10 Å². The zero-order chi connectivity index (χ0) is 10.6. The van der Waals surface area contributed by atoms with Crippen LogP contribution in [0.5, 0.6) is 0 Å². The maximum atomic E-state index is 11.9. The molecule has 1 N–H and O–H groups in total. The average molecular weight is 194 g/mol. The third-order valence-electron chi connectivity index (χ3n) is 4.71. The molecule has 2 fully saturated rings. The molecule has 14 heavy (non-hydrogen) atoms. The maximum Gasteiger partial charge on any atom is 0.139 e. The number of carbonyl (C=O) groups is 1. The summed E-state index contributed by atoms with van der Waals surface area (Å²) in [4.78, 5) is 11.9. The van der Waals surface area contributed by atoms with Crippen molar-refractivity contribution in [3.05, 3.63) is 12.2 Å². The van der Waals surface area contributed by atoms with Gasteiger partial charge in [-0.1, -0.05) is 20.4 Å². The van der Waals surface area contributed by atoms with E-state index in [-0.39, 0.29) is 10.8 Å². The quantitative estimate of drug-likeness (QED) is 0.599. The van der Waals surface area contributed by atoms with Crippen LogP contribution in [0.2, 0.25) is 0 Å². The van der Waals surface area contributed by atoms with Gasteiger partial charge in [0, 0.05) is 17.3 Å². The summed E-state index contributed by atoms with van der Waals surface area (Å²) in [5.41, 5.74) is 0.447. The molecule has 0 aliphatic heterocycles. The van der Waals surface area contributed by atoms with Gasteiger partial charge in [-0.05, 0) is 24.8 Å². The van der Waals surface area contributed by atoms with Crippen LogP contribution in [-0.4, -0.2) is 17.0 Å². The molecule has 0 aromatic carbocycles. The largest absolute Gasteiger partial charge is 0.389 e. The number of hydrogen-bond acceptors (Lipinski definition) is 2. The topological polar surface area (TPSA) is 37.3 Å². The Hall–Kier alpha value is -0.630. The van der Waals surface area contributed by atoms with Crippen molar-refractivity contribution < 1.29 is 9.90 Å². The molecule has 0 aromatic heterocycles. The van der Waals surface area contributed by atoms with Gasteiger partial charge in [0.25, 0.3) is 0 Å². The summed E-state index contributed by atoms with van der Waals surface area (Å²) in [5, 5.41) is 9.78. The molecule has 2 saturated carbocycles. The minimum absolute atomic E-state index is 0.165. The molecular formula is C12H18O2. The standard InChI is InChI=1S/C12H18O2/c1-8-9(13)4-6-12(3)10(14)5-7-11(8,12)2/h9,13H,1,4-7H2,2-3H3/t9-,11+,12-/m1/s1. The number of hydrogen-bond donors (Lipinski definition) is 1. The predicted octanol–water partition coefficient (Wildman–Crippen LogP) is 2.07. The molecule has 0 heterocycles. The maximum absolute atomic E-state index is 11.9. The summed E-state index contributed by atoms with van der Waals surface area (Å²) in [5.74, 6) is 0.355. The second-order valence-corrected chi connectivity index (χ2v) is 5.17. The number of fused-ring (bicyclic) bond motifs is 1. The van der Waals surface area contributed by atoms with Crippen molar-refractivity contribution in [3.8, 4) is 0 Å². The van der Waals surface area contributed by atoms with E-state index in [0.717, 1.165) is 18.4 Å². The van der Waals surface area contributed by atoms with Crippen LogP contribution in [0.3, 0.4) is 0 Å². The lowest BCUT2D eigenvalue weighted by Crippen LogP contribution is -2.45. The Morgan fingerprint density at radius 3 is 2.64 bits per heavy atom. The first-order valence-electron chi connectivity index (χ1n) is 5.32. The highest BCUT2D eigenvalue weighted by atomic mass is 16.3. The summed E-state index contributed by atoms with van der Waals surface area (Å²) in [6.07, 6.45) is 2.61. The molecule has 2 nitrogen and oxygen atoms in total. The zero-order valence-electron chi connectivity index (χ0n) is 8.97. The lowest BCUT2D eigenvalue weighted by atomic mass is 9.57. The summed E-state index contributed by atoms with van der Waals surface area (Å²) in [6.45, 7) is 8.11. The van der Waals surface area contributed by atoms with Crippen molar-refractivity contribution in [2.45, 2.75) is 45.6 Å². The second-order valence-electron chi connectivity index (χ2n) is 5.17. The molecule has 2 heteroatoms. The number of ketones is 1. The molecule has 0 saturated heterocycles. The van der Waals surface area contributed by atoms with Gasteiger partial charge in [-0.15, -0.1) is 0 Å². The molecule has 78 valence electrons. The van der Waals surface area contributed by atoms with E-state index in [9.17, 15) is 9.90 Å². The first kappa shape index (κ1) is 9.91. The van der Waals surface area contributed by atoms with Gasteiger partial charge in [-0.25, -0.2) is 0 Å². The minimum Gasteiger partial charge on any atom is -0.389 e.